The quantitative estimate of drug-likeness (QED) is 0.733. The van der Waals surface area contributed by atoms with Crippen molar-refractivity contribution < 1.29 is 14.1 Å². The zero-order valence-electron chi connectivity index (χ0n) is 12.8. The molecule has 5 heteroatoms. The Morgan fingerprint density at radius 1 is 1.19 bits per heavy atom. The first-order valence-corrected chi connectivity index (χ1v) is 7.59. The third-order valence-electron chi connectivity index (χ3n) is 4.88. The fourth-order valence-electron chi connectivity index (χ4n) is 3.41. The van der Waals surface area contributed by atoms with E-state index in [-0.39, 0.29) is 23.9 Å². The molecule has 1 amide bonds. The van der Waals surface area contributed by atoms with Gasteiger partial charge in [-0.3, -0.25) is 4.79 Å². The molecule has 110 valence electrons. The number of hydrogen-bond donors (Lipinski definition) is 0. The van der Waals surface area contributed by atoms with E-state index in [1.54, 1.807) is 4.90 Å². The molecule has 4 rings (SSSR count). The number of fused-ring (bicyclic) bond motifs is 2. The van der Waals surface area contributed by atoms with Crippen LogP contribution in [0.4, 0.5) is 5.69 Å². The van der Waals surface area contributed by atoms with Crippen LogP contribution in [0.15, 0.2) is 18.2 Å². The zero-order valence-corrected chi connectivity index (χ0v) is 12.8. The summed E-state index contributed by atoms with van der Waals surface area (Å²) in [5, 5.41) is 0. The molecular weight excluding hydrogens is 265 g/mol. The normalized spacial score (nSPS) is 25.4. The van der Waals surface area contributed by atoms with Crippen molar-refractivity contribution in [2.24, 2.45) is 5.41 Å². The molecule has 0 aromatic heterocycles. The second-order valence-corrected chi connectivity index (χ2v) is 7.34. The zero-order chi connectivity index (χ0) is 14.8. The number of likely N-dealkylation sites (N-methyl/N-ethyl adjacent to an activating group) is 1. The Bertz CT molecular complexity index is 614. The smallest absolute Gasteiger partial charge is 0.407 e. The highest BCUT2D eigenvalue weighted by Gasteiger charge is 2.58. The summed E-state index contributed by atoms with van der Waals surface area (Å²) < 4.78 is 11.7. The summed E-state index contributed by atoms with van der Waals surface area (Å²) in [6.45, 7) is 5.66. The van der Waals surface area contributed by atoms with Gasteiger partial charge in [0.2, 0.25) is 5.91 Å². The summed E-state index contributed by atoms with van der Waals surface area (Å²) >= 11 is 0. The average Bonchev–Trinajstić information content (AvgIpc) is 3.23. The van der Waals surface area contributed by atoms with E-state index in [0.29, 0.717) is 13.2 Å². The fraction of sp³-hybridized carbons (Fsp3) is 0.562. The lowest BCUT2D eigenvalue weighted by molar-refractivity contribution is -0.119. The van der Waals surface area contributed by atoms with E-state index in [1.165, 1.54) is 0 Å². The van der Waals surface area contributed by atoms with Crippen LogP contribution in [0, 0.1) is 5.41 Å². The Labute approximate surface area is 125 Å². The van der Waals surface area contributed by atoms with Crippen LogP contribution in [0.5, 0.6) is 0 Å². The summed E-state index contributed by atoms with van der Waals surface area (Å²) in [6.07, 6.45) is 1.93. The highest BCUT2D eigenvalue weighted by Crippen LogP contribution is 2.56. The maximum atomic E-state index is 12.4. The maximum absolute atomic E-state index is 12.4. The van der Waals surface area contributed by atoms with E-state index in [1.807, 2.05) is 19.2 Å². The standard InChI is InChI=1S/C16H20BNO3/c1-15(2)9-20-17(21-10-15)11-4-5-13-12(8-11)16(6-7-16)14(19)18(13)3/h4-5,8H,6-7,9-10H2,1-3H3. The number of benzene rings is 1. The van der Waals surface area contributed by atoms with Crippen molar-refractivity contribution in [1.29, 1.82) is 0 Å². The third kappa shape index (κ3) is 1.87. The SMILES string of the molecule is CN1C(=O)C2(CC2)c2cc(B3OCC(C)(C)CO3)ccc21. The van der Waals surface area contributed by atoms with E-state index in [9.17, 15) is 4.79 Å². The summed E-state index contributed by atoms with van der Waals surface area (Å²) in [5.41, 5.74) is 3.05. The molecule has 21 heavy (non-hydrogen) atoms. The molecule has 0 N–H and O–H groups in total. The number of carbonyl (C=O) groups is 1. The monoisotopic (exact) mass is 285 g/mol. The van der Waals surface area contributed by atoms with E-state index < -0.39 is 0 Å². The molecule has 1 aromatic carbocycles. The van der Waals surface area contributed by atoms with Crippen molar-refractivity contribution in [2.75, 3.05) is 25.2 Å². The predicted molar refractivity (Wildman–Crippen MR) is 81.8 cm³/mol. The summed E-state index contributed by atoms with van der Waals surface area (Å²) in [4.78, 5) is 14.2. The van der Waals surface area contributed by atoms with Gasteiger partial charge in [-0.15, -0.1) is 0 Å². The van der Waals surface area contributed by atoms with E-state index in [4.69, 9.17) is 9.31 Å². The van der Waals surface area contributed by atoms with Crippen LogP contribution in [-0.2, 0) is 19.5 Å². The summed E-state index contributed by atoms with van der Waals surface area (Å²) in [5.74, 6) is 0.237. The lowest BCUT2D eigenvalue weighted by Crippen LogP contribution is -2.47. The van der Waals surface area contributed by atoms with E-state index in [0.717, 1.165) is 29.6 Å². The van der Waals surface area contributed by atoms with Gasteiger partial charge in [0.1, 0.15) is 0 Å². The Balaban J connectivity index is 1.66. The minimum Gasteiger partial charge on any atom is -0.407 e. The van der Waals surface area contributed by atoms with E-state index in [2.05, 4.69) is 19.9 Å². The minimum absolute atomic E-state index is 0.0706. The van der Waals surface area contributed by atoms with Gasteiger partial charge >= 0.3 is 7.12 Å². The Morgan fingerprint density at radius 2 is 1.86 bits per heavy atom. The minimum atomic E-state index is -0.305. The Hall–Kier alpha value is -1.33. The molecule has 0 radical (unpaired) electrons. The molecule has 1 spiro atoms. The van der Waals surface area contributed by atoms with Gasteiger partial charge in [-0.2, -0.15) is 0 Å². The second kappa shape index (κ2) is 4.11. The maximum Gasteiger partial charge on any atom is 0.493 e. The molecule has 0 bridgehead atoms. The van der Waals surface area contributed by atoms with Gasteiger partial charge in [-0.1, -0.05) is 26.0 Å². The first kappa shape index (κ1) is 13.3. The van der Waals surface area contributed by atoms with Crippen molar-refractivity contribution in [2.45, 2.75) is 32.1 Å². The molecule has 3 aliphatic rings. The first-order valence-electron chi connectivity index (χ1n) is 7.59. The van der Waals surface area contributed by atoms with Crippen LogP contribution in [0.25, 0.3) is 0 Å². The van der Waals surface area contributed by atoms with Crippen LogP contribution in [-0.4, -0.2) is 33.3 Å². The molecule has 2 aliphatic heterocycles. The van der Waals surface area contributed by atoms with Gasteiger partial charge in [0, 0.05) is 31.4 Å². The number of rotatable bonds is 1. The number of nitrogens with zero attached hydrogens (tertiary/aromatic N) is 1. The molecule has 1 saturated carbocycles. The van der Waals surface area contributed by atoms with Gasteiger partial charge < -0.3 is 14.2 Å². The molecule has 4 nitrogen and oxygen atoms in total. The topological polar surface area (TPSA) is 38.8 Å². The van der Waals surface area contributed by atoms with Gasteiger partial charge in [-0.25, -0.2) is 0 Å². The van der Waals surface area contributed by atoms with Crippen molar-refractivity contribution in [3.63, 3.8) is 0 Å². The summed E-state index contributed by atoms with van der Waals surface area (Å²) in [6, 6.07) is 6.17. The number of anilines is 1. The lowest BCUT2D eigenvalue weighted by Gasteiger charge is -2.33. The van der Waals surface area contributed by atoms with Crippen LogP contribution >= 0.6 is 0 Å². The van der Waals surface area contributed by atoms with Crippen LogP contribution in [0.3, 0.4) is 0 Å². The van der Waals surface area contributed by atoms with Gasteiger partial charge in [0.15, 0.2) is 0 Å². The Kier molecular flexibility index (Phi) is 2.61. The molecule has 1 saturated heterocycles. The molecule has 1 aromatic rings. The lowest BCUT2D eigenvalue weighted by atomic mass is 9.74. The van der Waals surface area contributed by atoms with Crippen molar-refractivity contribution in [1.82, 2.24) is 0 Å². The van der Waals surface area contributed by atoms with Crippen molar-refractivity contribution in [3.05, 3.63) is 23.8 Å². The second-order valence-electron chi connectivity index (χ2n) is 7.34. The number of carbonyl (C=O) groups excluding carboxylic acids is 1. The fourth-order valence-corrected chi connectivity index (χ4v) is 3.41. The van der Waals surface area contributed by atoms with E-state index >= 15 is 0 Å². The summed E-state index contributed by atoms with van der Waals surface area (Å²) in [7, 11) is 1.56. The van der Waals surface area contributed by atoms with Crippen LogP contribution in [0.2, 0.25) is 0 Å². The van der Waals surface area contributed by atoms with Gasteiger partial charge in [0.25, 0.3) is 0 Å². The number of amides is 1. The first-order chi connectivity index (χ1) is 9.93. The van der Waals surface area contributed by atoms with Crippen molar-refractivity contribution in [3.8, 4) is 0 Å². The Morgan fingerprint density at radius 3 is 2.48 bits per heavy atom. The van der Waals surface area contributed by atoms with Crippen LogP contribution < -0.4 is 10.4 Å². The molecule has 1 aliphatic carbocycles. The molecule has 0 unspecified atom stereocenters. The average molecular weight is 285 g/mol. The highest BCUT2D eigenvalue weighted by molar-refractivity contribution is 6.61. The van der Waals surface area contributed by atoms with Gasteiger partial charge in [0.05, 0.1) is 5.41 Å². The number of hydrogen-bond acceptors (Lipinski definition) is 3. The predicted octanol–water partition coefficient (Wildman–Crippen LogP) is 1.46. The molecule has 2 fully saturated rings. The largest absolute Gasteiger partial charge is 0.493 e. The molecule has 2 heterocycles. The van der Waals surface area contributed by atoms with Crippen molar-refractivity contribution >= 4 is 24.2 Å². The molecular formula is C16H20BNO3. The molecule has 0 atom stereocenters. The van der Waals surface area contributed by atoms with Crippen LogP contribution in [0.1, 0.15) is 32.3 Å². The highest BCUT2D eigenvalue weighted by atomic mass is 16.6. The van der Waals surface area contributed by atoms with Gasteiger partial charge in [-0.05, 0) is 29.9 Å². The third-order valence-corrected chi connectivity index (χ3v) is 4.88.